The van der Waals surface area contributed by atoms with Gasteiger partial charge in [0.15, 0.2) is 11.6 Å². The van der Waals surface area contributed by atoms with E-state index in [9.17, 15) is 14.0 Å². The van der Waals surface area contributed by atoms with Crippen molar-refractivity contribution in [3.05, 3.63) is 65.0 Å². The molecule has 0 bridgehead atoms. The van der Waals surface area contributed by atoms with Crippen LogP contribution in [0.4, 0.5) is 4.39 Å². The maximum absolute atomic E-state index is 14.1. The summed E-state index contributed by atoms with van der Waals surface area (Å²) in [5.74, 6) is -2.18. The van der Waals surface area contributed by atoms with Crippen molar-refractivity contribution >= 4 is 11.8 Å². The van der Waals surface area contributed by atoms with Crippen molar-refractivity contribution in [3.8, 4) is 5.75 Å². The Labute approximate surface area is 133 Å². The normalized spacial score (nSPS) is 10.2. The second-order valence-corrected chi connectivity index (χ2v) is 5.17. The van der Waals surface area contributed by atoms with Gasteiger partial charge in [-0.1, -0.05) is 30.3 Å². The van der Waals surface area contributed by atoms with E-state index in [1.165, 1.54) is 25.1 Å². The molecule has 2 aromatic carbocycles. The van der Waals surface area contributed by atoms with E-state index >= 15 is 0 Å². The first-order valence-electron chi connectivity index (χ1n) is 6.92. The lowest BCUT2D eigenvalue weighted by Gasteiger charge is -2.15. The maximum atomic E-state index is 14.1. The van der Waals surface area contributed by atoms with E-state index < -0.39 is 17.6 Å². The minimum atomic E-state index is -0.872. The Balaban J connectivity index is 2.35. The molecule has 0 unspecified atom stereocenters. The molecule has 5 nitrogen and oxygen atoms in total. The number of primary amides is 1. The summed E-state index contributed by atoms with van der Waals surface area (Å²) in [5, 5.41) is 0. The molecule has 23 heavy (non-hydrogen) atoms. The van der Waals surface area contributed by atoms with Crippen LogP contribution in [0, 0.1) is 5.82 Å². The quantitative estimate of drug-likeness (QED) is 0.919. The largest absolute Gasteiger partial charge is 0.486 e. The SMILES string of the molecule is CN(C)C(=O)c1cc(OCc2ccccc2)c(F)cc1C(N)=O. The highest BCUT2D eigenvalue weighted by Gasteiger charge is 2.21. The van der Waals surface area contributed by atoms with Crippen molar-refractivity contribution in [2.24, 2.45) is 5.73 Å². The fourth-order valence-corrected chi connectivity index (χ4v) is 2.02. The van der Waals surface area contributed by atoms with Crippen molar-refractivity contribution in [2.45, 2.75) is 6.61 Å². The number of hydrogen-bond acceptors (Lipinski definition) is 3. The lowest BCUT2D eigenvalue weighted by atomic mass is 10.0. The van der Waals surface area contributed by atoms with Crippen molar-refractivity contribution in [2.75, 3.05) is 14.1 Å². The monoisotopic (exact) mass is 316 g/mol. The van der Waals surface area contributed by atoms with Crippen molar-refractivity contribution in [1.29, 1.82) is 0 Å². The minimum absolute atomic E-state index is 0.00645. The molecule has 0 aliphatic heterocycles. The molecule has 0 aromatic heterocycles. The zero-order chi connectivity index (χ0) is 17.0. The predicted molar refractivity (Wildman–Crippen MR) is 83.7 cm³/mol. The highest BCUT2D eigenvalue weighted by molar-refractivity contribution is 6.06. The number of rotatable bonds is 5. The smallest absolute Gasteiger partial charge is 0.254 e. The molecule has 0 heterocycles. The summed E-state index contributed by atoms with van der Waals surface area (Å²) in [6, 6.07) is 11.3. The van der Waals surface area contributed by atoms with Gasteiger partial charge in [0.25, 0.3) is 5.91 Å². The van der Waals surface area contributed by atoms with Gasteiger partial charge in [-0.05, 0) is 17.7 Å². The molecule has 2 amide bonds. The molecule has 2 N–H and O–H groups in total. The molecule has 2 aromatic rings. The fraction of sp³-hybridized carbons (Fsp3) is 0.176. The van der Waals surface area contributed by atoms with E-state index in [1.807, 2.05) is 30.3 Å². The van der Waals surface area contributed by atoms with Gasteiger partial charge < -0.3 is 15.4 Å². The summed E-state index contributed by atoms with van der Waals surface area (Å²) in [6.45, 7) is 0.142. The molecular weight excluding hydrogens is 299 g/mol. The average molecular weight is 316 g/mol. The third-order valence-corrected chi connectivity index (χ3v) is 3.21. The van der Waals surface area contributed by atoms with Crippen LogP contribution in [-0.2, 0) is 6.61 Å². The molecule has 0 atom stereocenters. The standard InChI is InChI=1S/C17H17FN2O3/c1-20(2)17(22)13-9-15(14(18)8-12(13)16(19)21)23-10-11-6-4-3-5-7-11/h3-9H,10H2,1-2H3,(H2,19,21). The van der Waals surface area contributed by atoms with E-state index in [4.69, 9.17) is 10.5 Å². The van der Waals surface area contributed by atoms with Crippen LogP contribution in [0.1, 0.15) is 26.3 Å². The Kier molecular flexibility index (Phi) is 4.95. The second kappa shape index (κ2) is 6.91. The number of nitrogens with zero attached hydrogens (tertiary/aromatic N) is 1. The van der Waals surface area contributed by atoms with Crippen LogP contribution in [0.2, 0.25) is 0 Å². The van der Waals surface area contributed by atoms with Crippen LogP contribution in [0.5, 0.6) is 5.75 Å². The van der Waals surface area contributed by atoms with Gasteiger partial charge in [-0.25, -0.2) is 4.39 Å². The molecular formula is C17H17FN2O3. The number of benzene rings is 2. The molecule has 0 aliphatic carbocycles. The maximum Gasteiger partial charge on any atom is 0.254 e. The highest BCUT2D eigenvalue weighted by Crippen LogP contribution is 2.24. The Bertz CT molecular complexity index is 730. The third-order valence-electron chi connectivity index (χ3n) is 3.21. The van der Waals surface area contributed by atoms with E-state index in [1.54, 1.807) is 0 Å². The first-order chi connectivity index (χ1) is 10.9. The van der Waals surface area contributed by atoms with Gasteiger partial charge in [0.2, 0.25) is 5.91 Å². The summed E-state index contributed by atoms with van der Waals surface area (Å²) in [4.78, 5) is 24.9. The molecule has 0 saturated heterocycles. The summed E-state index contributed by atoms with van der Waals surface area (Å²) < 4.78 is 19.5. The van der Waals surface area contributed by atoms with Gasteiger partial charge in [0.1, 0.15) is 6.61 Å². The first-order valence-corrected chi connectivity index (χ1v) is 6.92. The van der Waals surface area contributed by atoms with Gasteiger partial charge in [0, 0.05) is 14.1 Å². The highest BCUT2D eigenvalue weighted by atomic mass is 19.1. The van der Waals surface area contributed by atoms with Gasteiger partial charge in [0.05, 0.1) is 11.1 Å². The number of carbonyl (C=O) groups excluding carboxylic acids is 2. The number of amides is 2. The molecule has 120 valence electrons. The van der Waals surface area contributed by atoms with Gasteiger partial charge in [-0.3, -0.25) is 9.59 Å². The number of halogens is 1. The van der Waals surface area contributed by atoms with E-state index in [2.05, 4.69) is 0 Å². The number of ether oxygens (including phenoxy) is 1. The van der Waals surface area contributed by atoms with Crippen LogP contribution >= 0.6 is 0 Å². The second-order valence-electron chi connectivity index (χ2n) is 5.17. The van der Waals surface area contributed by atoms with E-state index in [0.29, 0.717) is 0 Å². The summed E-state index contributed by atoms with van der Waals surface area (Å²) in [7, 11) is 3.06. The number of carbonyl (C=O) groups is 2. The lowest BCUT2D eigenvalue weighted by Crippen LogP contribution is -2.26. The van der Waals surface area contributed by atoms with Crippen molar-refractivity contribution < 1.29 is 18.7 Å². The fourth-order valence-electron chi connectivity index (χ4n) is 2.02. The molecule has 0 spiro atoms. The molecule has 6 heteroatoms. The Morgan fingerprint density at radius 1 is 1.13 bits per heavy atom. The third kappa shape index (κ3) is 3.85. The van der Waals surface area contributed by atoms with Crippen LogP contribution in [0.3, 0.4) is 0 Å². The zero-order valence-electron chi connectivity index (χ0n) is 12.9. The molecule has 2 rings (SSSR count). The van der Waals surface area contributed by atoms with Crippen molar-refractivity contribution in [3.63, 3.8) is 0 Å². The number of nitrogens with two attached hydrogens (primary N) is 1. The molecule has 0 saturated carbocycles. The van der Waals surface area contributed by atoms with Crippen molar-refractivity contribution in [1.82, 2.24) is 4.90 Å². The van der Waals surface area contributed by atoms with Gasteiger partial charge in [-0.15, -0.1) is 0 Å². The van der Waals surface area contributed by atoms with Gasteiger partial charge >= 0.3 is 0 Å². The van der Waals surface area contributed by atoms with E-state index in [-0.39, 0.29) is 23.5 Å². The average Bonchev–Trinajstić information content (AvgIpc) is 2.53. The zero-order valence-corrected chi connectivity index (χ0v) is 12.9. The minimum Gasteiger partial charge on any atom is -0.486 e. The first kappa shape index (κ1) is 16.5. The van der Waals surface area contributed by atoms with Crippen LogP contribution in [0.25, 0.3) is 0 Å². The van der Waals surface area contributed by atoms with Gasteiger partial charge in [-0.2, -0.15) is 0 Å². The predicted octanol–water partition coefficient (Wildman–Crippen LogP) is 2.21. The summed E-state index contributed by atoms with van der Waals surface area (Å²) in [5.41, 5.74) is 5.91. The lowest BCUT2D eigenvalue weighted by molar-refractivity contribution is 0.0820. The topological polar surface area (TPSA) is 72.6 Å². The molecule has 0 radical (unpaired) electrons. The van der Waals surface area contributed by atoms with Crippen LogP contribution in [-0.4, -0.2) is 30.8 Å². The molecule has 0 fully saturated rings. The molecule has 0 aliphatic rings. The van der Waals surface area contributed by atoms with Crippen LogP contribution < -0.4 is 10.5 Å². The summed E-state index contributed by atoms with van der Waals surface area (Å²) >= 11 is 0. The Hall–Kier alpha value is -2.89. The Morgan fingerprint density at radius 3 is 2.35 bits per heavy atom. The van der Waals surface area contributed by atoms with Crippen LogP contribution in [0.15, 0.2) is 42.5 Å². The number of hydrogen-bond donors (Lipinski definition) is 1. The van der Waals surface area contributed by atoms with E-state index in [0.717, 1.165) is 11.6 Å². The summed E-state index contributed by atoms with van der Waals surface area (Å²) in [6.07, 6.45) is 0. The Morgan fingerprint density at radius 2 is 1.78 bits per heavy atom.